The number of halogens is 2. The maximum Gasteiger partial charge on any atom is 0.126 e. The molecule has 1 atom stereocenters. The van der Waals surface area contributed by atoms with Crippen molar-refractivity contribution in [3.8, 4) is 0 Å². The van der Waals surface area contributed by atoms with Crippen molar-refractivity contribution in [3.05, 3.63) is 34.1 Å². The third-order valence-corrected chi connectivity index (χ3v) is 2.44. The van der Waals surface area contributed by atoms with Crippen LogP contribution in [0.4, 0.5) is 4.39 Å². The van der Waals surface area contributed by atoms with Crippen molar-refractivity contribution in [2.75, 3.05) is 6.61 Å². The van der Waals surface area contributed by atoms with Gasteiger partial charge in [0.1, 0.15) is 5.82 Å². The van der Waals surface area contributed by atoms with Crippen LogP contribution in [-0.4, -0.2) is 11.7 Å². The van der Waals surface area contributed by atoms with Crippen LogP contribution >= 0.6 is 11.6 Å². The monoisotopic (exact) mass is 217 g/mol. The normalized spacial score (nSPS) is 12.9. The van der Waals surface area contributed by atoms with Crippen molar-refractivity contribution in [2.24, 2.45) is 5.73 Å². The number of benzene rings is 1. The number of hydrogen-bond acceptors (Lipinski definition) is 2. The summed E-state index contributed by atoms with van der Waals surface area (Å²) in [5.74, 6) is -0.321. The first-order valence-electron chi connectivity index (χ1n) is 4.38. The lowest BCUT2D eigenvalue weighted by Gasteiger charge is -2.13. The van der Waals surface area contributed by atoms with E-state index >= 15 is 0 Å². The Balaban J connectivity index is 3.02. The molecule has 0 amide bonds. The maximum absolute atomic E-state index is 13.2. The van der Waals surface area contributed by atoms with Crippen LogP contribution in [0.1, 0.15) is 23.6 Å². The molecule has 0 saturated heterocycles. The second kappa shape index (κ2) is 4.73. The van der Waals surface area contributed by atoms with Gasteiger partial charge in [0.05, 0.1) is 0 Å². The Hall–Kier alpha value is -0.640. The molecule has 3 N–H and O–H groups in total. The molecule has 78 valence electrons. The van der Waals surface area contributed by atoms with Gasteiger partial charge >= 0.3 is 0 Å². The second-order valence-electron chi connectivity index (χ2n) is 3.24. The molecule has 1 rings (SSSR count). The van der Waals surface area contributed by atoms with Crippen LogP contribution in [0.2, 0.25) is 5.02 Å². The van der Waals surface area contributed by atoms with Crippen LogP contribution in [0.25, 0.3) is 0 Å². The zero-order valence-corrected chi connectivity index (χ0v) is 8.68. The van der Waals surface area contributed by atoms with E-state index in [9.17, 15) is 4.39 Å². The number of hydrogen-bond donors (Lipinski definition) is 2. The summed E-state index contributed by atoms with van der Waals surface area (Å²) >= 11 is 5.90. The molecule has 0 aliphatic heterocycles. The molecule has 0 aromatic heterocycles. The number of nitrogens with two attached hydrogens (primary N) is 1. The Bertz CT molecular complexity index is 330. The smallest absolute Gasteiger partial charge is 0.126 e. The van der Waals surface area contributed by atoms with Crippen molar-refractivity contribution in [3.63, 3.8) is 0 Å². The van der Waals surface area contributed by atoms with E-state index in [0.717, 1.165) is 0 Å². The van der Waals surface area contributed by atoms with Gasteiger partial charge in [0.2, 0.25) is 0 Å². The van der Waals surface area contributed by atoms with Gasteiger partial charge in [-0.3, -0.25) is 0 Å². The number of aliphatic hydroxyl groups excluding tert-OH is 1. The van der Waals surface area contributed by atoms with Crippen LogP contribution in [0.15, 0.2) is 12.1 Å². The molecule has 0 aliphatic rings. The lowest BCUT2D eigenvalue weighted by atomic mass is 10.0. The maximum atomic E-state index is 13.2. The molecule has 0 radical (unpaired) electrons. The quantitative estimate of drug-likeness (QED) is 0.815. The van der Waals surface area contributed by atoms with Gasteiger partial charge < -0.3 is 10.8 Å². The fourth-order valence-corrected chi connectivity index (χ4v) is 1.60. The molecule has 0 saturated carbocycles. The lowest BCUT2D eigenvalue weighted by molar-refractivity contribution is 0.276. The fraction of sp³-hybridized carbons (Fsp3) is 0.400. The molecular formula is C10H13ClFNO. The Kier molecular flexibility index (Phi) is 3.86. The van der Waals surface area contributed by atoms with Crippen molar-refractivity contribution >= 4 is 11.6 Å². The minimum atomic E-state index is -0.414. The highest BCUT2D eigenvalue weighted by molar-refractivity contribution is 6.31. The van der Waals surface area contributed by atoms with Crippen molar-refractivity contribution in [1.82, 2.24) is 0 Å². The van der Waals surface area contributed by atoms with Crippen LogP contribution in [0, 0.1) is 12.7 Å². The van der Waals surface area contributed by atoms with Gasteiger partial charge in [-0.15, -0.1) is 0 Å². The number of aliphatic hydroxyl groups is 1. The van der Waals surface area contributed by atoms with E-state index in [1.165, 1.54) is 6.07 Å². The van der Waals surface area contributed by atoms with Crippen LogP contribution < -0.4 is 5.73 Å². The zero-order valence-electron chi connectivity index (χ0n) is 7.93. The first-order valence-corrected chi connectivity index (χ1v) is 4.76. The number of rotatable bonds is 3. The van der Waals surface area contributed by atoms with Crippen LogP contribution in [0.3, 0.4) is 0 Å². The summed E-state index contributed by atoms with van der Waals surface area (Å²) in [6, 6.07) is 2.46. The van der Waals surface area contributed by atoms with Gasteiger partial charge in [0, 0.05) is 17.7 Å². The van der Waals surface area contributed by atoms with Crippen LogP contribution in [0.5, 0.6) is 0 Å². The minimum absolute atomic E-state index is 0.0347. The van der Waals surface area contributed by atoms with E-state index in [-0.39, 0.29) is 12.4 Å². The number of aryl methyl sites for hydroxylation is 1. The van der Waals surface area contributed by atoms with E-state index in [0.29, 0.717) is 22.6 Å². The summed E-state index contributed by atoms with van der Waals surface area (Å²) in [5.41, 5.74) is 6.75. The highest BCUT2D eigenvalue weighted by Gasteiger charge is 2.12. The topological polar surface area (TPSA) is 46.2 Å². The molecule has 0 aliphatic carbocycles. The average Bonchev–Trinajstić information content (AvgIpc) is 2.11. The molecule has 1 aromatic carbocycles. The Morgan fingerprint density at radius 1 is 1.57 bits per heavy atom. The van der Waals surface area contributed by atoms with Crippen LogP contribution in [-0.2, 0) is 0 Å². The van der Waals surface area contributed by atoms with Crippen molar-refractivity contribution in [2.45, 2.75) is 19.4 Å². The predicted molar refractivity (Wildman–Crippen MR) is 54.8 cm³/mol. The van der Waals surface area contributed by atoms with E-state index in [4.69, 9.17) is 22.4 Å². The summed E-state index contributed by atoms with van der Waals surface area (Å²) in [7, 11) is 0. The molecule has 2 nitrogen and oxygen atoms in total. The summed E-state index contributed by atoms with van der Waals surface area (Å²) in [4.78, 5) is 0. The molecule has 0 heterocycles. The first-order chi connectivity index (χ1) is 6.56. The molecule has 0 spiro atoms. The van der Waals surface area contributed by atoms with Gasteiger partial charge in [0.25, 0.3) is 0 Å². The predicted octanol–water partition coefficient (Wildman–Crippen LogP) is 2.17. The van der Waals surface area contributed by atoms with E-state index in [1.54, 1.807) is 13.0 Å². The molecular weight excluding hydrogens is 205 g/mol. The van der Waals surface area contributed by atoms with E-state index in [1.807, 2.05) is 0 Å². The summed E-state index contributed by atoms with van der Waals surface area (Å²) in [6.45, 7) is 1.61. The van der Waals surface area contributed by atoms with Gasteiger partial charge in [-0.25, -0.2) is 4.39 Å². The van der Waals surface area contributed by atoms with E-state index < -0.39 is 6.04 Å². The standard InChI is InChI=1S/C10H13ClFNO/c1-6-4-8(11)7(5-9(6)12)10(13)2-3-14/h4-5,10,14H,2-3,13H2,1H3. The highest BCUT2D eigenvalue weighted by atomic mass is 35.5. The van der Waals surface area contributed by atoms with Crippen molar-refractivity contribution < 1.29 is 9.50 Å². The van der Waals surface area contributed by atoms with Gasteiger partial charge in [-0.1, -0.05) is 11.6 Å². The molecule has 4 heteroatoms. The largest absolute Gasteiger partial charge is 0.396 e. The molecule has 1 aromatic rings. The van der Waals surface area contributed by atoms with E-state index in [2.05, 4.69) is 0 Å². The van der Waals surface area contributed by atoms with Gasteiger partial charge in [-0.05, 0) is 36.6 Å². The Labute approximate surface area is 87.5 Å². The van der Waals surface area contributed by atoms with Gasteiger partial charge in [-0.2, -0.15) is 0 Å². The summed E-state index contributed by atoms with van der Waals surface area (Å²) in [6.07, 6.45) is 0.377. The minimum Gasteiger partial charge on any atom is -0.396 e. The SMILES string of the molecule is Cc1cc(Cl)c(C(N)CCO)cc1F. The Morgan fingerprint density at radius 2 is 2.21 bits per heavy atom. The van der Waals surface area contributed by atoms with Crippen molar-refractivity contribution in [1.29, 1.82) is 0 Å². The second-order valence-corrected chi connectivity index (χ2v) is 3.65. The third kappa shape index (κ3) is 2.44. The first kappa shape index (κ1) is 11.4. The molecule has 0 fully saturated rings. The fourth-order valence-electron chi connectivity index (χ4n) is 1.24. The summed E-state index contributed by atoms with van der Waals surface area (Å²) < 4.78 is 13.2. The molecule has 14 heavy (non-hydrogen) atoms. The lowest BCUT2D eigenvalue weighted by Crippen LogP contribution is -2.13. The zero-order chi connectivity index (χ0) is 10.7. The van der Waals surface area contributed by atoms with Gasteiger partial charge in [0.15, 0.2) is 0 Å². The highest BCUT2D eigenvalue weighted by Crippen LogP contribution is 2.26. The average molecular weight is 218 g/mol. The third-order valence-electron chi connectivity index (χ3n) is 2.12. The molecule has 0 bridgehead atoms. The Morgan fingerprint density at radius 3 is 2.79 bits per heavy atom. The molecule has 1 unspecified atom stereocenters. The summed E-state index contributed by atoms with van der Waals surface area (Å²) in [5, 5.41) is 9.14.